The van der Waals surface area contributed by atoms with Gasteiger partial charge in [0.1, 0.15) is 5.60 Å². The van der Waals surface area contributed by atoms with Crippen LogP contribution in [0.1, 0.15) is 20.8 Å². The predicted molar refractivity (Wildman–Crippen MR) is 52.9 cm³/mol. The number of rotatable bonds is 0. The van der Waals surface area contributed by atoms with E-state index in [1.807, 2.05) is 6.07 Å². The lowest BCUT2D eigenvalue weighted by atomic mass is 10.1. The van der Waals surface area contributed by atoms with E-state index in [1.165, 1.54) is 4.90 Å². The van der Waals surface area contributed by atoms with Gasteiger partial charge in [0, 0.05) is 6.54 Å². The normalized spacial score (nSPS) is 26.2. The molecule has 0 radical (unpaired) electrons. The average Bonchev–Trinajstić information content (AvgIpc) is 2.43. The van der Waals surface area contributed by atoms with E-state index in [9.17, 15) is 9.90 Å². The highest BCUT2D eigenvalue weighted by Crippen LogP contribution is 2.19. The van der Waals surface area contributed by atoms with Gasteiger partial charge >= 0.3 is 6.09 Å². The number of carbonyl (C=O) groups is 1. The number of hydrogen-bond donors (Lipinski definition) is 1. The fourth-order valence-corrected chi connectivity index (χ4v) is 1.39. The first-order valence-corrected chi connectivity index (χ1v) is 4.89. The molecule has 5 nitrogen and oxygen atoms in total. The Morgan fingerprint density at radius 3 is 2.53 bits per heavy atom. The van der Waals surface area contributed by atoms with Gasteiger partial charge in [-0.2, -0.15) is 5.26 Å². The molecular weight excluding hydrogens is 196 g/mol. The number of hydrogen-bond acceptors (Lipinski definition) is 4. The minimum Gasteiger partial charge on any atom is -0.444 e. The van der Waals surface area contributed by atoms with E-state index in [1.54, 1.807) is 20.8 Å². The van der Waals surface area contributed by atoms with Gasteiger partial charge in [-0.3, -0.25) is 0 Å². The molecule has 1 aliphatic rings. The number of likely N-dealkylation sites (tertiary alicyclic amines) is 1. The van der Waals surface area contributed by atoms with Crippen molar-refractivity contribution in [3.8, 4) is 6.07 Å². The number of β-amino-alcohol motifs (C(OH)–C–C–N with tert-alkyl or cyclic N) is 1. The second-order valence-electron chi connectivity index (χ2n) is 4.69. The lowest BCUT2D eigenvalue weighted by Gasteiger charge is -2.24. The van der Waals surface area contributed by atoms with Crippen LogP contribution in [0.25, 0.3) is 0 Å². The molecule has 1 N–H and O–H groups in total. The molecule has 0 aromatic rings. The maximum absolute atomic E-state index is 11.6. The Morgan fingerprint density at radius 2 is 2.13 bits per heavy atom. The van der Waals surface area contributed by atoms with Crippen molar-refractivity contribution < 1.29 is 14.6 Å². The van der Waals surface area contributed by atoms with Crippen LogP contribution in [0, 0.1) is 17.2 Å². The minimum atomic E-state index is -0.762. The SMILES string of the molecule is CC(C)(C)OC(=O)N1C[C@@H](O)[C@H](C#N)C1. The highest BCUT2D eigenvalue weighted by atomic mass is 16.6. The van der Waals surface area contributed by atoms with E-state index in [-0.39, 0.29) is 13.1 Å². The van der Waals surface area contributed by atoms with E-state index in [2.05, 4.69) is 0 Å². The second-order valence-corrected chi connectivity index (χ2v) is 4.69. The summed E-state index contributed by atoms with van der Waals surface area (Å²) in [4.78, 5) is 12.9. The van der Waals surface area contributed by atoms with Gasteiger partial charge in [0.2, 0.25) is 0 Å². The molecule has 0 unspecified atom stereocenters. The molecular formula is C10H16N2O3. The zero-order valence-corrected chi connectivity index (χ0v) is 9.23. The van der Waals surface area contributed by atoms with E-state index in [0.29, 0.717) is 0 Å². The van der Waals surface area contributed by atoms with Gasteiger partial charge in [0.05, 0.1) is 24.6 Å². The zero-order valence-electron chi connectivity index (χ0n) is 9.23. The van der Waals surface area contributed by atoms with Crippen molar-refractivity contribution in [2.75, 3.05) is 13.1 Å². The monoisotopic (exact) mass is 212 g/mol. The number of nitrogens with zero attached hydrogens (tertiary/aromatic N) is 2. The summed E-state index contributed by atoms with van der Waals surface area (Å²) in [5, 5.41) is 18.1. The first-order valence-electron chi connectivity index (χ1n) is 4.89. The number of ether oxygens (including phenoxy) is 1. The number of nitriles is 1. The molecule has 1 rings (SSSR count). The van der Waals surface area contributed by atoms with Crippen molar-refractivity contribution in [3.05, 3.63) is 0 Å². The van der Waals surface area contributed by atoms with Crippen molar-refractivity contribution in [1.82, 2.24) is 4.90 Å². The molecule has 5 heteroatoms. The van der Waals surface area contributed by atoms with Crippen LogP contribution < -0.4 is 0 Å². The Balaban J connectivity index is 2.54. The molecule has 1 saturated heterocycles. The molecule has 84 valence electrons. The van der Waals surface area contributed by atoms with Crippen LogP contribution in [0.2, 0.25) is 0 Å². The summed E-state index contributed by atoms with van der Waals surface area (Å²) >= 11 is 0. The molecule has 0 spiro atoms. The molecule has 0 aromatic carbocycles. The van der Waals surface area contributed by atoms with Gasteiger partial charge in [0.25, 0.3) is 0 Å². The Bertz CT molecular complexity index is 290. The van der Waals surface area contributed by atoms with Gasteiger partial charge in [0.15, 0.2) is 0 Å². The number of carbonyl (C=O) groups excluding carboxylic acids is 1. The largest absolute Gasteiger partial charge is 0.444 e. The standard InChI is InChI=1S/C10H16N2O3/c1-10(2,3)15-9(14)12-5-7(4-11)8(13)6-12/h7-8,13H,5-6H2,1-3H3/t7-,8-/m1/s1. The molecule has 1 fully saturated rings. The van der Waals surface area contributed by atoms with Crippen LogP contribution >= 0.6 is 0 Å². The van der Waals surface area contributed by atoms with Crippen LogP contribution in [-0.4, -0.2) is 40.9 Å². The molecule has 15 heavy (non-hydrogen) atoms. The third-order valence-electron chi connectivity index (χ3n) is 2.11. The van der Waals surface area contributed by atoms with E-state index in [4.69, 9.17) is 10.00 Å². The molecule has 1 aliphatic heterocycles. The van der Waals surface area contributed by atoms with Gasteiger partial charge < -0.3 is 14.7 Å². The van der Waals surface area contributed by atoms with Crippen molar-refractivity contribution in [3.63, 3.8) is 0 Å². The summed E-state index contributed by atoms with van der Waals surface area (Å²) in [5.74, 6) is -0.502. The summed E-state index contributed by atoms with van der Waals surface area (Å²) in [6.45, 7) is 5.75. The third-order valence-corrected chi connectivity index (χ3v) is 2.11. The Morgan fingerprint density at radius 1 is 1.53 bits per heavy atom. The molecule has 0 aromatic heterocycles. The van der Waals surface area contributed by atoms with Gasteiger partial charge in [-0.05, 0) is 20.8 Å². The Kier molecular flexibility index (Phi) is 3.20. The van der Waals surface area contributed by atoms with Gasteiger partial charge in [-0.15, -0.1) is 0 Å². The summed E-state index contributed by atoms with van der Waals surface area (Å²) in [6.07, 6.45) is -1.23. The Labute approximate surface area is 89.2 Å². The molecule has 2 atom stereocenters. The maximum atomic E-state index is 11.6. The fraction of sp³-hybridized carbons (Fsp3) is 0.800. The highest BCUT2D eigenvalue weighted by molar-refractivity contribution is 5.68. The molecule has 0 bridgehead atoms. The summed E-state index contributed by atoms with van der Waals surface area (Å²) in [7, 11) is 0. The van der Waals surface area contributed by atoms with Crippen LogP contribution in [0.15, 0.2) is 0 Å². The van der Waals surface area contributed by atoms with Crippen molar-refractivity contribution in [1.29, 1.82) is 5.26 Å². The Hall–Kier alpha value is -1.28. The first-order chi connectivity index (χ1) is 6.83. The lowest BCUT2D eigenvalue weighted by molar-refractivity contribution is 0.0270. The van der Waals surface area contributed by atoms with Crippen LogP contribution in [0.5, 0.6) is 0 Å². The highest BCUT2D eigenvalue weighted by Gasteiger charge is 2.36. The predicted octanol–water partition coefficient (Wildman–Crippen LogP) is 0.738. The van der Waals surface area contributed by atoms with Crippen molar-refractivity contribution >= 4 is 6.09 Å². The zero-order chi connectivity index (χ0) is 11.6. The minimum absolute atomic E-state index is 0.174. The fourth-order valence-electron chi connectivity index (χ4n) is 1.39. The van der Waals surface area contributed by atoms with Crippen LogP contribution in [0.3, 0.4) is 0 Å². The lowest BCUT2D eigenvalue weighted by Crippen LogP contribution is -2.35. The van der Waals surface area contributed by atoms with Crippen LogP contribution in [0.4, 0.5) is 4.79 Å². The summed E-state index contributed by atoms with van der Waals surface area (Å²) in [6, 6.07) is 1.96. The van der Waals surface area contributed by atoms with Crippen molar-refractivity contribution in [2.45, 2.75) is 32.5 Å². The van der Waals surface area contributed by atoms with E-state index < -0.39 is 23.7 Å². The molecule has 1 heterocycles. The quantitative estimate of drug-likeness (QED) is 0.642. The summed E-state index contributed by atoms with van der Waals surface area (Å²) < 4.78 is 5.13. The molecule has 1 amide bonds. The van der Waals surface area contributed by atoms with Crippen LogP contribution in [-0.2, 0) is 4.74 Å². The van der Waals surface area contributed by atoms with E-state index in [0.717, 1.165) is 0 Å². The number of aliphatic hydroxyl groups is 1. The number of amides is 1. The van der Waals surface area contributed by atoms with E-state index >= 15 is 0 Å². The first kappa shape index (κ1) is 11.8. The maximum Gasteiger partial charge on any atom is 0.410 e. The second kappa shape index (κ2) is 4.07. The third kappa shape index (κ3) is 3.10. The summed E-state index contributed by atoms with van der Waals surface area (Å²) in [5.41, 5.74) is -0.549. The molecule has 0 aliphatic carbocycles. The topological polar surface area (TPSA) is 73.6 Å². The molecule has 0 saturated carbocycles. The average molecular weight is 212 g/mol. The van der Waals surface area contributed by atoms with Gasteiger partial charge in [-0.25, -0.2) is 4.79 Å². The number of aliphatic hydroxyl groups excluding tert-OH is 1. The smallest absolute Gasteiger partial charge is 0.410 e. The van der Waals surface area contributed by atoms with Gasteiger partial charge in [-0.1, -0.05) is 0 Å². The van der Waals surface area contributed by atoms with Crippen molar-refractivity contribution in [2.24, 2.45) is 5.92 Å².